The molecule has 8 nitrogen and oxygen atoms in total. The van der Waals surface area contributed by atoms with E-state index in [2.05, 4.69) is 4.98 Å². The van der Waals surface area contributed by atoms with Crippen molar-refractivity contribution in [3.63, 3.8) is 0 Å². The number of benzene rings is 1. The maximum atomic E-state index is 13.3. The Bertz CT molecular complexity index is 1070. The summed E-state index contributed by atoms with van der Waals surface area (Å²) in [5.41, 5.74) is -0.124. The maximum Gasteiger partial charge on any atom is 0.326 e. The van der Waals surface area contributed by atoms with Gasteiger partial charge in [0.25, 0.3) is 5.91 Å². The molecule has 0 radical (unpaired) electrons. The molecule has 2 heterocycles. The van der Waals surface area contributed by atoms with Gasteiger partial charge in [-0.25, -0.2) is 4.79 Å². The minimum Gasteiger partial charge on any atom is -0.480 e. The lowest BCUT2D eigenvalue weighted by molar-refractivity contribution is -0.141. The molecule has 2 aromatic rings. The van der Waals surface area contributed by atoms with Gasteiger partial charge < -0.3 is 19.6 Å². The third kappa shape index (κ3) is 2.83. The lowest BCUT2D eigenvalue weighted by Crippen LogP contribution is -2.46. The Hall–Kier alpha value is -2.90. The van der Waals surface area contributed by atoms with Gasteiger partial charge in [0.15, 0.2) is 0 Å². The first kappa shape index (κ1) is 18.5. The van der Waals surface area contributed by atoms with Gasteiger partial charge in [0, 0.05) is 18.2 Å². The van der Waals surface area contributed by atoms with Gasteiger partial charge >= 0.3 is 17.1 Å². The number of aliphatic carboxylic acids is 1. The van der Waals surface area contributed by atoms with E-state index in [-0.39, 0.29) is 17.9 Å². The second-order valence-electron chi connectivity index (χ2n) is 7.65. The summed E-state index contributed by atoms with van der Waals surface area (Å²) in [7, 11) is 0. The summed E-state index contributed by atoms with van der Waals surface area (Å²) in [4.78, 5) is 53.0. The average Bonchev–Trinajstić information content (AvgIpc) is 3.08. The van der Waals surface area contributed by atoms with Crippen LogP contribution in [-0.2, 0) is 11.3 Å². The van der Waals surface area contributed by atoms with Crippen LogP contribution in [0.4, 0.5) is 0 Å². The Kier molecular flexibility index (Phi) is 4.56. The molecule has 148 valence electrons. The van der Waals surface area contributed by atoms with E-state index in [4.69, 9.17) is 0 Å². The molecule has 1 aromatic carbocycles. The SMILES string of the molecule is CCn1c(=O)c(=O)[nH]c2cc(C(=O)N3C(C(=O)O)CC4CCCCC43)ccc21. The molecule has 0 bridgehead atoms. The first-order valence-corrected chi connectivity index (χ1v) is 9.74. The Morgan fingerprint density at radius 1 is 1.21 bits per heavy atom. The highest BCUT2D eigenvalue weighted by Gasteiger charge is 2.47. The number of carboxylic acids is 1. The van der Waals surface area contributed by atoms with Gasteiger partial charge in [-0.3, -0.25) is 14.4 Å². The lowest BCUT2D eigenvalue weighted by atomic mass is 9.84. The van der Waals surface area contributed by atoms with Crippen LogP contribution in [0, 0.1) is 5.92 Å². The Morgan fingerprint density at radius 2 is 1.96 bits per heavy atom. The third-order valence-corrected chi connectivity index (χ3v) is 6.15. The number of carbonyl (C=O) groups excluding carboxylic acids is 1. The number of hydrogen-bond acceptors (Lipinski definition) is 4. The number of H-pyrrole nitrogens is 1. The molecule has 3 unspecified atom stereocenters. The fourth-order valence-corrected chi connectivity index (χ4v) is 4.85. The van der Waals surface area contributed by atoms with E-state index >= 15 is 0 Å². The van der Waals surface area contributed by atoms with Crippen LogP contribution in [0.3, 0.4) is 0 Å². The van der Waals surface area contributed by atoms with Crippen LogP contribution in [0.15, 0.2) is 27.8 Å². The van der Waals surface area contributed by atoms with Gasteiger partial charge in [-0.15, -0.1) is 0 Å². The van der Waals surface area contributed by atoms with Crippen molar-refractivity contribution >= 4 is 22.9 Å². The second kappa shape index (κ2) is 6.92. The molecule has 2 aliphatic rings. The van der Waals surface area contributed by atoms with Crippen molar-refractivity contribution in [3.05, 3.63) is 44.5 Å². The van der Waals surface area contributed by atoms with Crippen LogP contribution in [0.1, 0.15) is 49.4 Å². The summed E-state index contributed by atoms with van der Waals surface area (Å²) in [6.07, 6.45) is 4.32. The van der Waals surface area contributed by atoms with Crippen LogP contribution in [0.2, 0.25) is 0 Å². The molecule has 1 aliphatic carbocycles. The highest BCUT2D eigenvalue weighted by Crippen LogP contribution is 2.40. The molecular weight excluding hydrogens is 362 g/mol. The summed E-state index contributed by atoms with van der Waals surface area (Å²) >= 11 is 0. The fraction of sp³-hybridized carbons (Fsp3) is 0.500. The molecule has 0 spiro atoms. The summed E-state index contributed by atoms with van der Waals surface area (Å²) in [6, 6.07) is 3.90. The lowest BCUT2D eigenvalue weighted by Gasteiger charge is -2.33. The number of nitrogens with zero attached hydrogens (tertiary/aromatic N) is 2. The quantitative estimate of drug-likeness (QED) is 0.779. The van der Waals surface area contributed by atoms with Crippen molar-refractivity contribution in [2.24, 2.45) is 5.92 Å². The summed E-state index contributed by atoms with van der Waals surface area (Å²) in [5.74, 6) is -1.08. The molecule has 1 saturated carbocycles. The average molecular weight is 385 g/mol. The largest absolute Gasteiger partial charge is 0.480 e. The molecule has 8 heteroatoms. The normalized spacial score (nSPS) is 24.3. The topological polar surface area (TPSA) is 112 Å². The van der Waals surface area contributed by atoms with Crippen molar-refractivity contribution in [2.75, 3.05) is 0 Å². The number of amides is 1. The molecule has 2 N–H and O–H groups in total. The molecule has 28 heavy (non-hydrogen) atoms. The van der Waals surface area contributed by atoms with Crippen LogP contribution >= 0.6 is 0 Å². The molecule has 1 aliphatic heterocycles. The van der Waals surface area contributed by atoms with Crippen molar-refractivity contribution < 1.29 is 14.7 Å². The van der Waals surface area contributed by atoms with Gasteiger partial charge in [-0.05, 0) is 50.3 Å². The van der Waals surface area contributed by atoms with Crippen molar-refractivity contribution in [2.45, 2.75) is 57.7 Å². The third-order valence-electron chi connectivity index (χ3n) is 6.15. The summed E-state index contributed by atoms with van der Waals surface area (Å²) in [6.45, 7) is 2.10. The van der Waals surface area contributed by atoms with E-state index in [9.17, 15) is 24.3 Å². The number of fused-ring (bicyclic) bond motifs is 2. The standard InChI is InChI=1S/C20H23N3O5/c1-2-22-15-8-7-12(9-13(15)21-17(24)19(22)26)18(25)23-14-6-4-3-5-11(14)10-16(23)20(27)28/h7-9,11,14,16H,2-6,10H2,1H3,(H,21,24)(H,27,28). The van der Waals surface area contributed by atoms with Gasteiger partial charge in [0.2, 0.25) is 0 Å². The van der Waals surface area contributed by atoms with Crippen molar-refractivity contribution in [1.29, 1.82) is 0 Å². The number of likely N-dealkylation sites (tertiary alicyclic amines) is 1. The highest BCUT2D eigenvalue weighted by atomic mass is 16.4. The number of aryl methyl sites for hydroxylation is 1. The Labute approximate surface area is 160 Å². The van der Waals surface area contributed by atoms with Gasteiger partial charge in [0.05, 0.1) is 11.0 Å². The maximum absolute atomic E-state index is 13.3. The number of carbonyl (C=O) groups is 2. The van der Waals surface area contributed by atoms with Crippen LogP contribution in [0.5, 0.6) is 0 Å². The molecular formula is C20H23N3O5. The van der Waals surface area contributed by atoms with Crippen molar-refractivity contribution in [3.8, 4) is 0 Å². The highest BCUT2D eigenvalue weighted by molar-refractivity contribution is 5.99. The predicted octanol–water partition coefficient (Wildman–Crippen LogP) is 1.57. The predicted molar refractivity (Wildman–Crippen MR) is 102 cm³/mol. The first-order valence-electron chi connectivity index (χ1n) is 9.74. The van der Waals surface area contributed by atoms with Crippen LogP contribution in [-0.4, -0.2) is 43.5 Å². The molecule has 1 saturated heterocycles. The number of aromatic nitrogens is 2. The van der Waals surface area contributed by atoms with E-state index in [1.165, 1.54) is 9.47 Å². The monoisotopic (exact) mass is 385 g/mol. The number of rotatable bonds is 3. The van der Waals surface area contributed by atoms with E-state index in [0.717, 1.165) is 25.7 Å². The Balaban J connectivity index is 1.77. The first-order chi connectivity index (χ1) is 13.4. The van der Waals surface area contributed by atoms with Gasteiger partial charge in [-0.2, -0.15) is 0 Å². The van der Waals surface area contributed by atoms with E-state index in [1.54, 1.807) is 25.1 Å². The molecule has 1 amide bonds. The zero-order valence-corrected chi connectivity index (χ0v) is 15.7. The van der Waals surface area contributed by atoms with Gasteiger partial charge in [0.1, 0.15) is 6.04 Å². The minimum atomic E-state index is -0.975. The van der Waals surface area contributed by atoms with Crippen LogP contribution < -0.4 is 11.1 Å². The number of hydrogen-bond donors (Lipinski definition) is 2. The summed E-state index contributed by atoms with van der Waals surface area (Å²) in [5, 5.41) is 9.65. The second-order valence-corrected chi connectivity index (χ2v) is 7.65. The number of carboxylic acid groups (broad SMARTS) is 1. The zero-order valence-electron chi connectivity index (χ0n) is 15.7. The minimum absolute atomic E-state index is 0.0540. The molecule has 2 fully saturated rings. The van der Waals surface area contributed by atoms with Crippen molar-refractivity contribution in [1.82, 2.24) is 14.5 Å². The van der Waals surface area contributed by atoms with E-state index in [0.29, 0.717) is 29.6 Å². The molecule has 3 atom stereocenters. The van der Waals surface area contributed by atoms with E-state index < -0.39 is 23.1 Å². The molecule has 4 rings (SSSR count). The molecule has 1 aromatic heterocycles. The zero-order chi connectivity index (χ0) is 20.0. The fourth-order valence-electron chi connectivity index (χ4n) is 4.85. The Morgan fingerprint density at radius 3 is 2.68 bits per heavy atom. The van der Waals surface area contributed by atoms with E-state index in [1.807, 2.05) is 0 Å². The number of nitrogens with one attached hydrogen (secondary N) is 1. The smallest absolute Gasteiger partial charge is 0.326 e. The van der Waals surface area contributed by atoms with Gasteiger partial charge in [-0.1, -0.05) is 12.8 Å². The number of aromatic amines is 1. The van der Waals surface area contributed by atoms with Crippen LogP contribution in [0.25, 0.3) is 11.0 Å². The summed E-state index contributed by atoms with van der Waals surface area (Å²) < 4.78 is 1.36.